The summed E-state index contributed by atoms with van der Waals surface area (Å²) in [5.74, 6) is -0.940. The van der Waals surface area contributed by atoms with Crippen molar-refractivity contribution in [1.82, 2.24) is 0 Å². The molecule has 0 fully saturated rings. The third-order valence-electron chi connectivity index (χ3n) is 3.11. The molecule has 0 radical (unpaired) electrons. The van der Waals surface area contributed by atoms with E-state index in [-0.39, 0.29) is 18.8 Å². The molecule has 4 heteroatoms. The zero-order chi connectivity index (χ0) is 13.2. The highest BCUT2D eigenvalue weighted by Crippen LogP contribution is 2.25. The average molecular weight is 256 g/mol. The van der Waals surface area contributed by atoms with Gasteiger partial charge in [0.15, 0.2) is 0 Å². The lowest BCUT2D eigenvalue weighted by Crippen LogP contribution is -2.12. The van der Waals surface area contributed by atoms with Gasteiger partial charge in [-0.05, 0) is 16.8 Å². The van der Waals surface area contributed by atoms with Gasteiger partial charge in [0.2, 0.25) is 0 Å². The van der Waals surface area contributed by atoms with E-state index in [9.17, 15) is 9.59 Å². The van der Waals surface area contributed by atoms with Crippen LogP contribution in [0.3, 0.4) is 0 Å². The molecule has 0 bridgehead atoms. The van der Waals surface area contributed by atoms with Crippen molar-refractivity contribution >= 4 is 22.7 Å². The Balaban J connectivity index is 2.28. The summed E-state index contributed by atoms with van der Waals surface area (Å²) in [7, 11) is 0. The first-order valence-corrected chi connectivity index (χ1v) is 6.13. The predicted molar refractivity (Wildman–Crippen MR) is 69.1 cm³/mol. The van der Waals surface area contributed by atoms with Crippen LogP contribution >= 0.6 is 0 Å². The molecule has 1 heterocycles. The van der Waals surface area contributed by atoms with E-state index in [0.717, 1.165) is 5.39 Å². The molecule has 0 N–H and O–H groups in total. The van der Waals surface area contributed by atoms with E-state index >= 15 is 0 Å². The number of esters is 2. The van der Waals surface area contributed by atoms with Gasteiger partial charge in [-0.1, -0.05) is 30.3 Å². The van der Waals surface area contributed by atoms with Gasteiger partial charge in [-0.15, -0.1) is 0 Å². The summed E-state index contributed by atoms with van der Waals surface area (Å²) in [6.45, 7) is 0.521. The summed E-state index contributed by atoms with van der Waals surface area (Å²) in [6, 6.07) is 10.8. The first-order valence-electron chi connectivity index (χ1n) is 6.13. The van der Waals surface area contributed by atoms with Crippen LogP contribution in [-0.2, 0) is 9.47 Å². The summed E-state index contributed by atoms with van der Waals surface area (Å²) in [4.78, 5) is 24.1. The van der Waals surface area contributed by atoms with Crippen LogP contribution in [0.2, 0.25) is 0 Å². The molecular weight excluding hydrogens is 244 g/mol. The van der Waals surface area contributed by atoms with Crippen LogP contribution in [0, 0.1) is 0 Å². The van der Waals surface area contributed by atoms with Crippen LogP contribution in [0.15, 0.2) is 36.4 Å². The Morgan fingerprint density at radius 1 is 0.842 bits per heavy atom. The van der Waals surface area contributed by atoms with E-state index in [1.807, 2.05) is 18.2 Å². The fourth-order valence-corrected chi connectivity index (χ4v) is 2.20. The van der Waals surface area contributed by atoms with Crippen molar-refractivity contribution < 1.29 is 19.1 Å². The van der Waals surface area contributed by atoms with Crippen molar-refractivity contribution in [3.05, 3.63) is 47.5 Å². The van der Waals surface area contributed by atoms with Gasteiger partial charge in [-0.2, -0.15) is 0 Å². The Hall–Kier alpha value is -2.36. The maximum atomic E-state index is 12.1. The third-order valence-corrected chi connectivity index (χ3v) is 3.11. The quantitative estimate of drug-likeness (QED) is 0.680. The Kier molecular flexibility index (Phi) is 2.91. The summed E-state index contributed by atoms with van der Waals surface area (Å²) in [5.41, 5.74) is 0.565. The number of benzene rings is 2. The van der Waals surface area contributed by atoms with Gasteiger partial charge in [-0.3, -0.25) is 0 Å². The van der Waals surface area contributed by atoms with Crippen molar-refractivity contribution in [3.8, 4) is 0 Å². The van der Waals surface area contributed by atoms with Gasteiger partial charge in [0.05, 0.1) is 24.3 Å². The molecule has 0 unspecified atom stereocenters. The first kappa shape index (κ1) is 11.7. The van der Waals surface area contributed by atoms with Crippen molar-refractivity contribution in [1.29, 1.82) is 0 Å². The van der Waals surface area contributed by atoms with Crippen molar-refractivity contribution in [2.45, 2.75) is 6.42 Å². The van der Waals surface area contributed by atoms with Gasteiger partial charge < -0.3 is 9.47 Å². The maximum absolute atomic E-state index is 12.1. The number of carbonyl (C=O) groups is 2. The normalized spacial score (nSPS) is 15.8. The van der Waals surface area contributed by atoms with Gasteiger partial charge in [0, 0.05) is 6.42 Å². The van der Waals surface area contributed by atoms with Crippen LogP contribution in [0.25, 0.3) is 10.8 Å². The minimum absolute atomic E-state index is 0.259. The Bertz CT molecular complexity index is 660. The van der Waals surface area contributed by atoms with Crippen molar-refractivity contribution in [2.75, 3.05) is 13.2 Å². The molecule has 0 saturated heterocycles. The van der Waals surface area contributed by atoms with Crippen LogP contribution in [0.4, 0.5) is 0 Å². The number of rotatable bonds is 0. The number of carbonyl (C=O) groups excluding carboxylic acids is 2. The largest absolute Gasteiger partial charge is 0.462 e. The molecule has 19 heavy (non-hydrogen) atoms. The van der Waals surface area contributed by atoms with Gasteiger partial charge in [0.1, 0.15) is 0 Å². The lowest BCUT2D eigenvalue weighted by molar-refractivity contribution is 0.0436. The highest BCUT2D eigenvalue weighted by atomic mass is 16.5. The molecular formula is C15H12O4. The first-order chi connectivity index (χ1) is 9.27. The molecule has 4 nitrogen and oxygen atoms in total. The van der Waals surface area contributed by atoms with Crippen LogP contribution in [-0.4, -0.2) is 25.2 Å². The number of cyclic esters (lactones) is 2. The second-order valence-electron chi connectivity index (χ2n) is 4.33. The molecule has 1 aliphatic heterocycles. The maximum Gasteiger partial charge on any atom is 0.339 e. The molecule has 0 aliphatic carbocycles. The molecule has 3 rings (SSSR count). The van der Waals surface area contributed by atoms with E-state index in [0.29, 0.717) is 17.4 Å². The highest BCUT2D eigenvalue weighted by Gasteiger charge is 2.23. The van der Waals surface area contributed by atoms with Crippen molar-refractivity contribution in [2.24, 2.45) is 0 Å². The average Bonchev–Trinajstić information content (AvgIpc) is 2.50. The molecule has 2 aromatic rings. The van der Waals surface area contributed by atoms with E-state index in [1.54, 1.807) is 18.2 Å². The lowest BCUT2D eigenvalue weighted by Gasteiger charge is -2.09. The Morgan fingerprint density at radius 2 is 1.58 bits per heavy atom. The van der Waals surface area contributed by atoms with E-state index < -0.39 is 11.9 Å². The monoisotopic (exact) mass is 256 g/mol. The third kappa shape index (κ3) is 2.05. The Morgan fingerprint density at radius 3 is 2.42 bits per heavy atom. The molecule has 2 aromatic carbocycles. The number of fused-ring (bicyclic) bond motifs is 3. The van der Waals surface area contributed by atoms with E-state index in [4.69, 9.17) is 9.47 Å². The SMILES string of the molecule is O=C1OCCCOC(=O)c2c1ccc1ccccc21. The molecule has 0 saturated carbocycles. The summed E-state index contributed by atoms with van der Waals surface area (Å²) >= 11 is 0. The second-order valence-corrected chi connectivity index (χ2v) is 4.33. The summed E-state index contributed by atoms with van der Waals surface area (Å²) in [5, 5.41) is 1.61. The second kappa shape index (κ2) is 4.72. The molecule has 96 valence electrons. The van der Waals surface area contributed by atoms with Gasteiger partial charge in [-0.25, -0.2) is 9.59 Å². The minimum atomic E-state index is -0.473. The van der Waals surface area contributed by atoms with Crippen LogP contribution in [0.1, 0.15) is 27.1 Å². The molecule has 0 atom stereocenters. The zero-order valence-electron chi connectivity index (χ0n) is 10.2. The highest BCUT2D eigenvalue weighted by molar-refractivity contribution is 6.12. The minimum Gasteiger partial charge on any atom is -0.462 e. The number of hydrogen-bond acceptors (Lipinski definition) is 4. The van der Waals surface area contributed by atoms with Gasteiger partial charge >= 0.3 is 11.9 Å². The zero-order valence-corrected chi connectivity index (χ0v) is 10.2. The summed E-state index contributed by atoms with van der Waals surface area (Å²) in [6.07, 6.45) is 0.517. The summed E-state index contributed by atoms with van der Waals surface area (Å²) < 4.78 is 10.3. The molecule has 1 aliphatic rings. The number of hydrogen-bond donors (Lipinski definition) is 0. The molecule has 0 aromatic heterocycles. The molecule has 0 amide bonds. The fourth-order valence-electron chi connectivity index (χ4n) is 2.20. The van der Waals surface area contributed by atoms with Crippen LogP contribution < -0.4 is 0 Å². The predicted octanol–water partition coefficient (Wildman–Crippen LogP) is 2.56. The molecule has 0 spiro atoms. The lowest BCUT2D eigenvalue weighted by atomic mass is 9.99. The van der Waals surface area contributed by atoms with Gasteiger partial charge in [0.25, 0.3) is 0 Å². The topological polar surface area (TPSA) is 52.6 Å². The van der Waals surface area contributed by atoms with Crippen molar-refractivity contribution in [3.63, 3.8) is 0 Å². The standard InChI is InChI=1S/C15H12O4/c16-14-12-7-6-10-4-1-2-5-11(10)13(12)15(17)19-9-3-8-18-14/h1-2,4-7H,3,8-9H2. The van der Waals surface area contributed by atoms with Crippen LogP contribution in [0.5, 0.6) is 0 Å². The smallest absolute Gasteiger partial charge is 0.339 e. The fraction of sp³-hybridized carbons (Fsp3) is 0.200. The number of ether oxygens (including phenoxy) is 2. The van der Waals surface area contributed by atoms with E-state index in [1.165, 1.54) is 0 Å². The van der Waals surface area contributed by atoms with E-state index in [2.05, 4.69) is 0 Å². The Labute approximate surface area is 109 Å².